The van der Waals surface area contributed by atoms with E-state index in [0.29, 0.717) is 6.61 Å². The summed E-state index contributed by atoms with van der Waals surface area (Å²) < 4.78 is 57.6. The van der Waals surface area contributed by atoms with Crippen molar-refractivity contribution in [1.82, 2.24) is 0 Å². The summed E-state index contributed by atoms with van der Waals surface area (Å²) in [4.78, 5) is 11.9. The molecule has 274 valence electrons. The molecule has 0 spiro atoms. The zero-order valence-corrected chi connectivity index (χ0v) is 29.2. The molecule has 4 N–H and O–H groups in total. The number of unbranched alkanes of at least 4 members (excludes halogenated alkanes) is 18. The molecule has 0 aliphatic carbocycles. The molecular formula is C33H64O12S. The fourth-order valence-electron chi connectivity index (χ4n) is 5.53. The van der Waals surface area contributed by atoms with Gasteiger partial charge in [-0.05, 0) is 6.42 Å². The Morgan fingerprint density at radius 2 is 1.22 bits per heavy atom. The molecule has 0 radical (unpaired) electrons. The van der Waals surface area contributed by atoms with Crippen LogP contribution in [0.3, 0.4) is 0 Å². The molecule has 6 unspecified atom stereocenters. The summed E-state index contributed by atoms with van der Waals surface area (Å²) in [7, 11) is -5.03. The number of carbonyl (C=O) groups is 1. The van der Waals surface area contributed by atoms with Crippen molar-refractivity contribution in [2.45, 2.75) is 179 Å². The molecule has 0 aromatic carbocycles. The van der Waals surface area contributed by atoms with Crippen LogP contribution < -0.4 is 0 Å². The van der Waals surface area contributed by atoms with E-state index >= 15 is 0 Å². The number of hydrogen-bond acceptors (Lipinski definition) is 11. The molecule has 0 saturated carbocycles. The summed E-state index contributed by atoms with van der Waals surface area (Å²) in [5.74, 6) is -0.484. The lowest BCUT2D eigenvalue weighted by Crippen LogP contribution is -2.60. The minimum Gasteiger partial charge on any atom is -0.457 e. The molecule has 1 aliphatic rings. The van der Waals surface area contributed by atoms with Gasteiger partial charge in [0, 0.05) is 13.0 Å². The second-order valence-electron chi connectivity index (χ2n) is 12.4. The van der Waals surface area contributed by atoms with Crippen LogP contribution in [0.2, 0.25) is 0 Å². The van der Waals surface area contributed by atoms with Crippen molar-refractivity contribution in [2.24, 2.45) is 0 Å². The van der Waals surface area contributed by atoms with Crippen LogP contribution in [0.5, 0.6) is 0 Å². The second kappa shape index (κ2) is 27.0. The average Bonchev–Trinajstić information content (AvgIpc) is 3.02. The van der Waals surface area contributed by atoms with E-state index in [-0.39, 0.29) is 19.6 Å². The average molecular weight is 685 g/mol. The summed E-state index contributed by atoms with van der Waals surface area (Å²) in [6.45, 7) is 3.39. The van der Waals surface area contributed by atoms with Gasteiger partial charge in [-0.2, -0.15) is 8.42 Å². The van der Waals surface area contributed by atoms with E-state index in [1.165, 1.54) is 103 Å². The lowest BCUT2D eigenvalue weighted by molar-refractivity contribution is -0.301. The highest BCUT2D eigenvalue weighted by Gasteiger charge is 2.48. The van der Waals surface area contributed by atoms with Crippen LogP contribution in [-0.4, -0.2) is 97.5 Å². The zero-order chi connectivity index (χ0) is 34.0. The molecule has 1 aliphatic heterocycles. The Balaban J connectivity index is 2.16. The number of carbonyl (C=O) groups excluding carboxylic acids is 1. The third-order valence-corrected chi connectivity index (χ3v) is 8.75. The molecule has 1 heterocycles. The minimum atomic E-state index is -5.03. The van der Waals surface area contributed by atoms with Gasteiger partial charge in [-0.25, -0.2) is 4.18 Å². The Hall–Kier alpha value is -0.900. The van der Waals surface area contributed by atoms with E-state index in [2.05, 4.69) is 11.1 Å². The first kappa shape index (κ1) is 43.1. The number of hydrogen-bond donors (Lipinski definition) is 4. The first-order valence-electron chi connectivity index (χ1n) is 17.8. The maximum absolute atomic E-state index is 11.9. The Bertz CT molecular complexity index is 842. The maximum atomic E-state index is 11.9. The van der Waals surface area contributed by atoms with Gasteiger partial charge in [-0.3, -0.25) is 9.35 Å². The molecule has 6 atom stereocenters. The van der Waals surface area contributed by atoms with Gasteiger partial charge < -0.3 is 34.3 Å². The number of aliphatic hydroxyl groups excluding tert-OH is 3. The van der Waals surface area contributed by atoms with Crippen LogP contribution in [0.1, 0.15) is 142 Å². The summed E-state index contributed by atoms with van der Waals surface area (Å²) in [6.07, 6.45) is 15.6. The first-order chi connectivity index (χ1) is 22.1. The van der Waals surface area contributed by atoms with E-state index in [4.69, 9.17) is 23.5 Å². The molecule has 1 fully saturated rings. The van der Waals surface area contributed by atoms with Gasteiger partial charge in [0.2, 0.25) is 0 Å². The summed E-state index contributed by atoms with van der Waals surface area (Å²) >= 11 is 0. The molecule has 46 heavy (non-hydrogen) atoms. The maximum Gasteiger partial charge on any atom is 0.397 e. The van der Waals surface area contributed by atoms with Crippen LogP contribution in [0, 0.1) is 0 Å². The highest BCUT2D eigenvalue weighted by Crippen LogP contribution is 2.26. The topological polar surface area (TPSA) is 178 Å². The quantitative estimate of drug-likeness (QED) is 0.0431. The van der Waals surface area contributed by atoms with Crippen molar-refractivity contribution in [3.05, 3.63) is 0 Å². The Labute approximate surface area is 277 Å². The Morgan fingerprint density at radius 1 is 0.739 bits per heavy atom. The molecule has 0 bridgehead atoms. The molecule has 1 rings (SSSR count). The van der Waals surface area contributed by atoms with E-state index in [1.54, 1.807) is 6.92 Å². The molecule has 12 nitrogen and oxygen atoms in total. The van der Waals surface area contributed by atoms with Gasteiger partial charge >= 0.3 is 16.4 Å². The predicted molar refractivity (Wildman–Crippen MR) is 175 cm³/mol. The lowest BCUT2D eigenvalue weighted by atomic mass is 9.99. The smallest absolute Gasteiger partial charge is 0.397 e. The van der Waals surface area contributed by atoms with Gasteiger partial charge in [0.25, 0.3) is 0 Å². The van der Waals surface area contributed by atoms with E-state index in [9.17, 15) is 28.5 Å². The van der Waals surface area contributed by atoms with Crippen molar-refractivity contribution in [3.8, 4) is 0 Å². The van der Waals surface area contributed by atoms with Crippen LogP contribution in [0.4, 0.5) is 0 Å². The number of esters is 1. The molecular weight excluding hydrogens is 620 g/mol. The van der Waals surface area contributed by atoms with Crippen molar-refractivity contribution >= 4 is 16.4 Å². The SMILES string of the molecule is CCCCCCCCCCCCCCCCCCCCCOCC(COC1OC(CO)C(O)C(OS(=O)(=O)O)C1O)OC(=O)CC. The standard InChI is InChI=1S/C33H64O12S/c1-3-5-6-7-8-9-10-11-12-13-14-15-16-17-18-19-20-21-22-23-41-25-27(43-29(35)4-2)26-42-33-31(37)32(45-46(38,39)40)30(36)28(24-34)44-33/h27-28,30-34,36-37H,3-26H2,1-2H3,(H,38,39,40). The number of ether oxygens (including phenoxy) is 4. The van der Waals surface area contributed by atoms with Crippen LogP contribution >= 0.6 is 0 Å². The van der Waals surface area contributed by atoms with E-state index in [1.807, 2.05) is 0 Å². The molecule has 0 amide bonds. The highest BCUT2D eigenvalue weighted by molar-refractivity contribution is 7.80. The van der Waals surface area contributed by atoms with Crippen molar-refractivity contribution < 1.29 is 56.2 Å². The van der Waals surface area contributed by atoms with Gasteiger partial charge in [-0.15, -0.1) is 0 Å². The largest absolute Gasteiger partial charge is 0.457 e. The fourth-order valence-corrected chi connectivity index (χ4v) is 6.04. The second-order valence-corrected chi connectivity index (χ2v) is 13.5. The summed E-state index contributed by atoms with van der Waals surface area (Å²) in [6, 6.07) is 0. The highest BCUT2D eigenvalue weighted by atomic mass is 32.3. The van der Waals surface area contributed by atoms with Crippen molar-refractivity contribution in [3.63, 3.8) is 0 Å². The monoisotopic (exact) mass is 684 g/mol. The van der Waals surface area contributed by atoms with Crippen molar-refractivity contribution in [2.75, 3.05) is 26.4 Å². The van der Waals surface area contributed by atoms with Gasteiger partial charge in [0.05, 0.1) is 19.8 Å². The van der Waals surface area contributed by atoms with Crippen molar-refractivity contribution in [1.29, 1.82) is 0 Å². The van der Waals surface area contributed by atoms with Gasteiger partial charge in [0.15, 0.2) is 6.29 Å². The molecule has 0 aromatic heterocycles. The number of aliphatic hydroxyl groups is 3. The zero-order valence-electron chi connectivity index (χ0n) is 28.4. The van der Waals surface area contributed by atoms with Crippen LogP contribution in [0.25, 0.3) is 0 Å². The van der Waals surface area contributed by atoms with Crippen LogP contribution in [0.15, 0.2) is 0 Å². The third kappa shape index (κ3) is 21.1. The van der Waals surface area contributed by atoms with Gasteiger partial charge in [-0.1, -0.05) is 129 Å². The predicted octanol–water partition coefficient (Wildman–Crippen LogP) is 5.40. The van der Waals surface area contributed by atoms with Gasteiger partial charge in [0.1, 0.15) is 30.5 Å². The summed E-state index contributed by atoms with van der Waals surface area (Å²) in [5, 5.41) is 30.1. The first-order valence-corrected chi connectivity index (χ1v) is 19.2. The Morgan fingerprint density at radius 3 is 1.65 bits per heavy atom. The molecule has 1 saturated heterocycles. The molecule has 13 heteroatoms. The minimum absolute atomic E-state index is 0.0323. The third-order valence-electron chi connectivity index (χ3n) is 8.28. The fraction of sp³-hybridized carbons (Fsp3) is 0.970. The lowest BCUT2D eigenvalue weighted by Gasteiger charge is -2.41. The van der Waals surface area contributed by atoms with Crippen LogP contribution in [-0.2, 0) is 38.3 Å². The molecule has 0 aromatic rings. The van der Waals surface area contributed by atoms with E-state index in [0.717, 1.165) is 19.3 Å². The summed E-state index contributed by atoms with van der Waals surface area (Å²) in [5.41, 5.74) is 0. The normalized spacial score (nSPS) is 22.6. The number of rotatable bonds is 30. The Kier molecular flexibility index (Phi) is 25.3. The van der Waals surface area contributed by atoms with E-state index < -0.39 is 59.8 Å².